The van der Waals surface area contributed by atoms with Crippen molar-refractivity contribution < 1.29 is 24.2 Å². The van der Waals surface area contributed by atoms with E-state index in [1.54, 1.807) is 0 Å². The Balaban J connectivity index is 1.25. The van der Waals surface area contributed by atoms with Crippen molar-refractivity contribution in [1.29, 1.82) is 0 Å². The lowest BCUT2D eigenvalue weighted by molar-refractivity contribution is -0.139. The van der Waals surface area contributed by atoms with Gasteiger partial charge in [0.25, 0.3) is 0 Å². The number of likely N-dealkylation sites (tertiary alicyclic amines) is 1. The zero-order chi connectivity index (χ0) is 24.8. The van der Waals surface area contributed by atoms with Crippen LogP contribution in [-0.4, -0.2) is 54.2 Å². The molecule has 1 atom stereocenters. The molecule has 2 aliphatic rings. The van der Waals surface area contributed by atoms with Crippen LogP contribution >= 0.6 is 0 Å². The van der Waals surface area contributed by atoms with Crippen molar-refractivity contribution in [2.75, 3.05) is 26.2 Å². The Morgan fingerprint density at radius 2 is 1.63 bits per heavy atom. The third kappa shape index (κ3) is 5.84. The fraction of sp³-hybridized carbons (Fsp3) is 0.464. The fourth-order valence-electron chi connectivity index (χ4n) is 5.29. The number of carboxylic acid groups (broad SMARTS) is 1. The van der Waals surface area contributed by atoms with E-state index in [1.807, 2.05) is 36.1 Å². The van der Waals surface area contributed by atoms with Crippen molar-refractivity contribution in [3.63, 3.8) is 0 Å². The maximum absolute atomic E-state index is 13.0. The molecular weight excluding hydrogens is 444 g/mol. The molecule has 2 aromatic rings. The predicted octanol–water partition coefficient (Wildman–Crippen LogP) is 4.65. The monoisotopic (exact) mass is 478 g/mol. The van der Waals surface area contributed by atoms with Crippen LogP contribution in [0.3, 0.4) is 0 Å². The van der Waals surface area contributed by atoms with Gasteiger partial charge in [-0.2, -0.15) is 0 Å². The lowest BCUT2D eigenvalue weighted by atomic mass is 9.91. The van der Waals surface area contributed by atoms with Crippen LogP contribution < -0.4 is 5.32 Å². The van der Waals surface area contributed by atoms with Crippen molar-refractivity contribution in [2.45, 2.75) is 44.9 Å². The number of amides is 2. The molecule has 0 spiro atoms. The molecule has 4 rings (SSSR count). The molecule has 7 heteroatoms. The van der Waals surface area contributed by atoms with Crippen LogP contribution in [0, 0.1) is 11.8 Å². The highest BCUT2D eigenvalue weighted by molar-refractivity contribution is 5.80. The number of fused-ring (bicyclic) bond motifs is 3. The second-order valence-corrected chi connectivity index (χ2v) is 9.51. The van der Waals surface area contributed by atoms with Crippen LogP contribution in [-0.2, 0) is 14.3 Å². The summed E-state index contributed by atoms with van der Waals surface area (Å²) in [5, 5.41) is 11.7. The van der Waals surface area contributed by atoms with Crippen LogP contribution in [0.5, 0.6) is 0 Å². The smallest absolute Gasteiger partial charge is 0.407 e. The molecule has 1 aliphatic heterocycles. The minimum atomic E-state index is -0.770. The first-order valence-electron chi connectivity index (χ1n) is 12.6. The SMILES string of the molecule is CCC(CNC(=O)OCC1c2ccccc2-c2ccccc21)C(=O)N1CCC(CCC(=O)O)CC1. The highest BCUT2D eigenvalue weighted by atomic mass is 16.5. The first-order chi connectivity index (χ1) is 17.0. The largest absolute Gasteiger partial charge is 0.481 e. The molecule has 0 radical (unpaired) electrons. The number of hydrogen-bond donors (Lipinski definition) is 2. The maximum atomic E-state index is 13.0. The highest BCUT2D eigenvalue weighted by Gasteiger charge is 2.30. The predicted molar refractivity (Wildman–Crippen MR) is 133 cm³/mol. The summed E-state index contributed by atoms with van der Waals surface area (Å²) in [6, 6.07) is 16.4. The average Bonchev–Trinajstić information content (AvgIpc) is 3.20. The number of ether oxygens (including phenoxy) is 1. The van der Waals surface area contributed by atoms with Crippen molar-refractivity contribution in [2.24, 2.45) is 11.8 Å². The third-order valence-electron chi connectivity index (χ3n) is 7.37. The van der Waals surface area contributed by atoms with E-state index in [1.165, 1.54) is 11.1 Å². The number of carbonyl (C=O) groups is 3. The Morgan fingerprint density at radius 3 is 2.20 bits per heavy atom. The summed E-state index contributed by atoms with van der Waals surface area (Å²) >= 11 is 0. The molecule has 0 saturated carbocycles. The van der Waals surface area contributed by atoms with Gasteiger partial charge in [0, 0.05) is 32.0 Å². The molecule has 1 fully saturated rings. The highest BCUT2D eigenvalue weighted by Crippen LogP contribution is 2.44. The quantitative estimate of drug-likeness (QED) is 0.547. The van der Waals surface area contributed by atoms with E-state index in [4.69, 9.17) is 9.84 Å². The number of alkyl carbamates (subject to hydrolysis) is 1. The fourth-order valence-corrected chi connectivity index (χ4v) is 5.29. The Bertz CT molecular complexity index is 1020. The van der Waals surface area contributed by atoms with Gasteiger partial charge in [-0.25, -0.2) is 4.79 Å². The Labute approximate surface area is 206 Å². The molecule has 7 nitrogen and oxygen atoms in total. The molecule has 2 amide bonds. The number of hydrogen-bond acceptors (Lipinski definition) is 4. The number of rotatable bonds is 9. The number of benzene rings is 2. The molecule has 0 aromatic heterocycles. The molecule has 1 heterocycles. The molecule has 2 aromatic carbocycles. The third-order valence-corrected chi connectivity index (χ3v) is 7.37. The summed E-state index contributed by atoms with van der Waals surface area (Å²) in [5.41, 5.74) is 4.69. The van der Waals surface area contributed by atoms with Gasteiger partial charge in [-0.05, 0) is 53.9 Å². The van der Waals surface area contributed by atoms with Crippen LogP contribution in [0.15, 0.2) is 48.5 Å². The molecule has 1 aliphatic carbocycles. The van der Waals surface area contributed by atoms with Gasteiger partial charge in [-0.15, -0.1) is 0 Å². The van der Waals surface area contributed by atoms with Crippen molar-refractivity contribution in [3.05, 3.63) is 59.7 Å². The molecule has 1 unspecified atom stereocenters. The minimum absolute atomic E-state index is 0.000762. The number of carbonyl (C=O) groups excluding carboxylic acids is 2. The van der Waals surface area contributed by atoms with Crippen molar-refractivity contribution in [1.82, 2.24) is 10.2 Å². The van der Waals surface area contributed by atoms with Crippen LogP contribution in [0.1, 0.15) is 56.1 Å². The summed E-state index contributed by atoms with van der Waals surface area (Å²) in [5.74, 6) is -0.670. The van der Waals surface area contributed by atoms with Crippen LogP contribution in [0.2, 0.25) is 0 Å². The standard InChI is InChI=1S/C28H34N2O5/c1-2-20(27(33)30-15-13-19(14-16-30)11-12-26(31)32)17-29-28(34)35-18-25-23-9-5-3-7-21(23)22-8-4-6-10-24(22)25/h3-10,19-20,25H,2,11-18H2,1H3,(H,29,34)(H,31,32). The molecular formula is C28H34N2O5. The summed E-state index contributed by atoms with van der Waals surface area (Å²) in [4.78, 5) is 38.1. The summed E-state index contributed by atoms with van der Waals surface area (Å²) in [6.07, 6.45) is 2.62. The van der Waals surface area contributed by atoms with E-state index in [0.717, 1.165) is 24.0 Å². The maximum Gasteiger partial charge on any atom is 0.407 e. The Morgan fingerprint density at radius 1 is 1.03 bits per heavy atom. The number of carboxylic acids is 1. The minimum Gasteiger partial charge on any atom is -0.481 e. The lowest BCUT2D eigenvalue weighted by Crippen LogP contribution is -2.45. The Kier molecular flexibility index (Phi) is 8.06. The van der Waals surface area contributed by atoms with Crippen molar-refractivity contribution >= 4 is 18.0 Å². The first kappa shape index (κ1) is 24.8. The molecule has 0 bridgehead atoms. The second-order valence-electron chi connectivity index (χ2n) is 9.51. The van der Waals surface area contributed by atoms with Crippen LogP contribution in [0.4, 0.5) is 4.79 Å². The summed E-state index contributed by atoms with van der Waals surface area (Å²) < 4.78 is 5.60. The van der Waals surface area contributed by atoms with Gasteiger partial charge in [-0.3, -0.25) is 9.59 Å². The van der Waals surface area contributed by atoms with Gasteiger partial charge >= 0.3 is 12.1 Å². The van der Waals surface area contributed by atoms with E-state index >= 15 is 0 Å². The number of nitrogens with one attached hydrogen (secondary N) is 1. The number of nitrogens with zero attached hydrogens (tertiary/aromatic N) is 1. The van der Waals surface area contributed by atoms with Gasteiger partial charge in [0.05, 0.1) is 5.92 Å². The molecule has 1 saturated heterocycles. The van der Waals surface area contributed by atoms with E-state index in [0.29, 0.717) is 31.8 Å². The van der Waals surface area contributed by atoms with Crippen molar-refractivity contribution in [3.8, 4) is 11.1 Å². The summed E-state index contributed by atoms with van der Waals surface area (Å²) in [7, 11) is 0. The van der Waals surface area contributed by atoms with E-state index in [-0.39, 0.29) is 37.3 Å². The summed E-state index contributed by atoms with van der Waals surface area (Å²) in [6.45, 7) is 3.72. The van der Waals surface area contributed by atoms with E-state index < -0.39 is 12.1 Å². The first-order valence-corrected chi connectivity index (χ1v) is 12.6. The van der Waals surface area contributed by atoms with Gasteiger partial charge in [0.2, 0.25) is 5.91 Å². The number of piperidine rings is 1. The average molecular weight is 479 g/mol. The van der Waals surface area contributed by atoms with Gasteiger partial charge in [0.1, 0.15) is 6.61 Å². The topological polar surface area (TPSA) is 95.9 Å². The molecule has 35 heavy (non-hydrogen) atoms. The lowest BCUT2D eigenvalue weighted by Gasteiger charge is -2.34. The molecule has 2 N–H and O–H groups in total. The normalized spacial score (nSPS) is 16.3. The van der Waals surface area contributed by atoms with Gasteiger partial charge < -0.3 is 20.1 Å². The molecule has 186 valence electrons. The van der Waals surface area contributed by atoms with Gasteiger partial charge in [0.15, 0.2) is 0 Å². The van der Waals surface area contributed by atoms with Gasteiger partial charge in [-0.1, -0.05) is 55.5 Å². The zero-order valence-electron chi connectivity index (χ0n) is 20.2. The van der Waals surface area contributed by atoms with E-state index in [2.05, 4.69) is 29.6 Å². The number of aliphatic carboxylic acids is 1. The van der Waals surface area contributed by atoms with Crippen LogP contribution in [0.25, 0.3) is 11.1 Å². The zero-order valence-corrected chi connectivity index (χ0v) is 20.2. The van der Waals surface area contributed by atoms with E-state index in [9.17, 15) is 14.4 Å². The second kappa shape index (κ2) is 11.4. The Hall–Kier alpha value is -3.35.